The van der Waals surface area contributed by atoms with E-state index in [0.29, 0.717) is 6.42 Å². The molecule has 0 aliphatic heterocycles. The van der Waals surface area contributed by atoms with Crippen molar-refractivity contribution in [3.05, 3.63) is 12.2 Å². The number of rotatable bonds is 25. The predicted octanol–water partition coefficient (Wildman–Crippen LogP) is 10.0. The number of carboxylic acid groups (broad SMARTS) is 1. The van der Waals surface area contributed by atoms with E-state index in [4.69, 9.17) is 5.11 Å². The molecule has 0 rings (SSSR count). The molecule has 0 unspecified atom stereocenters. The predicted molar refractivity (Wildman–Crippen MR) is 133 cm³/mol. The Morgan fingerprint density at radius 2 is 0.800 bits per heavy atom. The molecule has 0 heterocycles. The Morgan fingerprint density at radius 1 is 0.500 bits per heavy atom. The second kappa shape index (κ2) is 26.2. The Labute approximate surface area is 189 Å². The highest BCUT2D eigenvalue weighted by atomic mass is 16.4. The summed E-state index contributed by atoms with van der Waals surface area (Å²) >= 11 is 0. The van der Waals surface area contributed by atoms with E-state index in [-0.39, 0.29) is 0 Å². The third-order valence-electron chi connectivity index (χ3n) is 6.15. The average molecular weight is 423 g/mol. The second-order valence-electron chi connectivity index (χ2n) is 9.26. The van der Waals surface area contributed by atoms with Crippen molar-refractivity contribution in [3.63, 3.8) is 0 Å². The maximum atomic E-state index is 10.4. The highest BCUT2D eigenvalue weighted by Crippen LogP contribution is 2.14. The minimum absolute atomic E-state index is 0.337. The van der Waals surface area contributed by atoms with Gasteiger partial charge in [0.2, 0.25) is 0 Å². The molecule has 1 N–H and O–H groups in total. The van der Waals surface area contributed by atoms with Gasteiger partial charge in [-0.25, -0.2) is 0 Å². The molecule has 0 aliphatic carbocycles. The van der Waals surface area contributed by atoms with Gasteiger partial charge < -0.3 is 5.11 Å². The van der Waals surface area contributed by atoms with Gasteiger partial charge in [-0.2, -0.15) is 0 Å². The number of allylic oxidation sites excluding steroid dienone is 2. The zero-order valence-electron chi connectivity index (χ0n) is 20.5. The summed E-state index contributed by atoms with van der Waals surface area (Å²) in [6.07, 6.45) is 36.0. The number of carbonyl (C=O) groups is 1. The molecule has 178 valence electrons. The van der Waals surface area contributed by atoms with Crippen molar-refractivity contribution in [2.45, 2.75) is 161 Å². The lowest BCUT2D eigenvalue weighted by molar-refractivity contribution is -0.137. The summed E-state index contributed by atoms with van der Waals surface area (Å²) in [4.78, 5) is 10.4. The average Bonchev–Trinajstić information content (AvgIpc) is 2.73. The molecule has 0 aromatic rings. The van der Waals surface area contributed by atoms with Crippen LogP contribution < -0.4 is 0 Å². The quantitative estimate of drug-likeness (QED) is 0.117. The minimum Gasteiger partial charge on any atom is -0.481 e. The minimum atomic E-state index is -0.657. The molecule has 0 amide bonds. The summed E-state index contributed by atoms with van der Waals surface area (Å²) < 4.78 is 0. The van der Waals surface area contributed by atoms with Crippen molar-refractivity contribution in [1.82, 2.24) is 0 Å². The van der Waals surface area contributed by atoms with Gasteiger partial charge in [0.15, 0.2) is 0 Å². The van der Waals surface area contributed by atoms with E-state index in [9.17, 15) is 4.79 Å². The fourth-order valence-electron chi connectivity index (χ4n) is 4.11. The standard InChI is InChI=1S/C28H54O2/c1-2-3-4-5-6-7-8-9-10-11-12-13-14-15-16-17-18-19-20-21-22-23-24-25-26-27-28(29)30/h17-18H,2-16,19-27H2,1H3,(H,29,30). The van der Waals surface area contributed by atoms with Gasteiger partial charge in [-0.05, 0) is 32.1 Å². The van der Waals surface area contributed by atoms with Gasteiger partial charge in [0, 0.05) is 6.42 Å². The third kappa shape index (κ3) is 27.2. The van der Waals surface area contributed by atoms with Crippen LogP contribution in [0.25, 0.3) is 0 Å². The molecule has 0 aromatic heterocycles. The monoisotopic (exact) mass is 422 g/mol. The molecule has 0 aromatic carbocycles. The number of aliphatic carboxylic acids is 1. The Kier molecular flexibility index (Phi) is 25.6. The lowest BCUT2D eigenvalue weighted by Crippen LogP contribution is -1.93. The van der Waals surface area contributed by atoms with Crippen LogP contribution in [0.5, 0.6) is 0 Å². The van der Waals surface area contributed by atoms with Crippen molar-refractivity contribution in [2.75, 3.05) is 0 Å². The molecular formula is C28H54O2. The van der Waals surface area contributed by atoms with Crippen molar-refractivity contribution < 1.29 is 9.90 Å². The van der Waals surface area contributed by atoms with E-state index >= 15 is 0 Å². The van der Waals surface area contributed by atoms with Gasteiger partial charge >= 0.3 is 5.97 Å². The zero-order valence-corrected chi connectivity index (χ0v) is 20.5. The first-order chi connectivity index (χ1) is 14.8. The van der Waals surface area contributed by atoms with Gasteiger partial charge in [0.25, 0.3) is 0 Å². The highest BCUT2D eigenvalue weighted by molar-refractivity contribution is 5.66. The second-order valence-corrected chi connectivity index (χ2v) is 9.26. The molecule has 0 fully saturated rings. The first-order valence-corrected chi connectivity index (χ1v) is 13.6. The van der Waals surface area contributed by atoms with E-state index in [1.165, 1.54) is 135 Å². The normalized spacial score (nSPS) is 11.5. The summed E-state index contributed by atoms with van der Waals surface area (Å²) in [6.45, 7) is 2.29. The number of carboxylic acids is 1. The van der Waals surface area contributed by atoms with Gasteiger partial charge in [-0.3, -0.25) is 4.79 Å². The van der Waals surface area contributed by atoms with E-state index < -0.39 is 5.97 Å². The van der Waals surface area contributed by atoms with Crippen LogP contribution in [-0.2, 0) is 4.79 Å². The van der Waals surface area contributed by atoms with Crippen LogP contribution in [0.4, 0.5) is 0 Å². The van der Waals surface area contributed by atoms with E-state index in [1.807, 2.05) is 0 Å². The molecule has 30 heavy (non-hydrogen) atoms. The Morgan fingerprint density at radius 3 is 1.13 bits per heavy atom. The first-order valence-electron chi connectivity index (χ1n) is 13.6. The van der Waals surface area contributed by atoms with Crippen LogP contribution in [0.3, 0.4) is 0 Å². The van der Waals surface area contributed by atoms with Gasteiger partial charge in [0.05, 0.1) is 0 Å². The van der Waals surface area contributed by atoms with Crippen LogP contribution in [0.2, 0.25) is 0 Å². The lowest BCUT2D eigenvalue weighted by atomic mass is 10.0. The number of unbranched alkanes of at least 4 members (excludes halogenated alkanes) is 21. The maximum Gasteiger partial charge on any atom is 0.303 e. The summed E-state index contributed by atoms with van der Waals surface area (Å²) in [7, 11) is 0. The van der Waals surface area contributed by atoms with Crippen molar-refractivity contribution in [1.29, 1.82) is 0 Å². The van der Waals surface area contributed by atoms with Crippen LogP contribution in [0.1, 0.15) is 161 Å². The SMILES string of the molecule is CCCCCCCCCCCCCCCCC=CCCCCCCCCCC(=O)O. The summed E-state index contributed by atoms with van der Waals surface area (Å²) in [5.74, 6) is -0.657. The van der Waals surface area contributed by atoms with E-state index in [2.05, 4.69) is 19.1 Å². The highest BCUT2D eigenvalue weighted by Gasteiger charge is 1.96. The Balaban J connectivity index is 3.08. The third-order valence-corrected chi connectivity index (χ3v) is 6.15. The van der Waals surface area contributed by atoms with E-state index in [1.54, 1.807) is 0 Å². The Hall–Kier alpha value is -0.790. The topological polar surface area (TPSA) is 37.3 Å². The molecule has 0 spiro atoms. The van der Waals surface area contributed by atoms with Crippen molar-refractivity contribution in [3.8, 4) is 0 Å². The smallest absolute Gasteiger partial charge is 0.303 e. The largest absolute Gasteiger partial charge is 0.481 e. The Bertz CT molecular complexity index is 362. The number of hydrogen-bond acceptors (Lipinski definition) is 1. The van der Waals surface area contributed by atoms with Crippen molar-refractivity contribution >= 4 is 5.97 Å². The van der Waals surface area contributed by atoms with Crippen LogP contribution in [-0.4, -0.2) is 11.1 Å². The first kappa shape index (κ1) is 29.2. The molecular weight excluding hydrogens is 368 g/mol. The van der Waals surface area contributed by atoms with Crippen LogP contribution in [0, 0.1) is 0 Å². The molecule has 0 saturated heterocycles. The molecule has 0 aliphatic rings. The van der Waals surface area contributed by atoms with Crippen molar-refractivity contribution in [2.24, 2.45) is 0 Å². The number of hydrogen-bond donors (Lipinski definition) is 1. The fraction of sp³-hybridized carbons (Fsp3) is 0.893. The van der Waals surface area contributed by atoms with Gasteiger partial charge in [-0.15, -0.1) is 0 Å². The maximum absolute atomic E-state index is 10.4. The molecule has 0 radical (unpaired) electrons. The van der Waals surface area contributed by atoms with Gasteiger partial charge in [-0.1, -0.05) is 135 Å². The molecule has 2 heteroatoms. The van der Waals surface area contributed by atoms with Gasteiger partial charge in [0.1, 0.15) is 0 Å². The summed E-state index contributed by atoms with van der Waals surface area (Å²) in [5.41, 5.74) is 0. The lowest BCUT2D eigenvalue weighted by Gasteiger charge is -2.03. The van der Waals surface area contributed by atoms with Crippen LogP contribution in [0.15, 0.2) is 12.2 Å². The molecule has 0 bridgehead atoms. The molecule has 0 atom stereocenters. The summed E-state index contributed by atoms with van der Waals surface area (Å²) in [6, 6.07) is 0. The zero-order chi connectivity index (χ0) is 22.0. The molecule has 0 saturated carbocycles. The fourth-order valence-corrected chi connectivity index (χ4v) is 4.11. The van der Waals surface area contributed by atoms with Crippen LogP contribution >= 0.6 is 0 Å². The summed E-state index contributed by atoms with van der Waals surface area (Å²) in [5, 5.41) is 8.59. The van der Waals surface area contributed by atoms with E-state index in [0.717, 1.165) is 12.8 Å². The molecule has 2 nitrogen and oxygen atoms in total.